The smallest absolute Gasteiger partial charge is 0.226 e. The molecule has 7 atom stereocenters. The summed E-state index contributed by atoms with van der Waals surface area (Å²) >= 11 is 0. The first-order valence-electron chi connectivity index (χ1n) is 11.0. The topological polar surface area (TPSA) is 122 Å². The predicted octanol–water partition coefficient (Wildman–Crippen LogP) is 0.573. The maximum absolute atomic E-state index is 13.4. The van der Waals surface area contributed by atoms with Crippen LogP contribution in [0.3, 0.4) is 0 Å². The van der Waals surface area contributed by atoms with E-state index >= 15 is 0 Å². The summed E-state index contributed by atoms with van der Waals surface area (Å²) in [5.41, 5.74) is 1.71. The van der Waals surface area contributed by atoms with Crippen molar-refractivity contribution in [2.75, 3.05) is 13.2 Å². The summed E-state index contributed by atoms with van der Waals surface area (Å²) in [6.07, 6.45) is 2.46. The van der Waals surface area contributed by atoms with Crippen molar-refractivity contribution in [3.63, 3.8) is 0 Å². The van der Waals surface area contributed by atoms with Crippen LogP contribution in [-0.2, 0) is 16.6 Å². The molecule has 1 saturated heterocycles. The highest BCUT2D eigenvalue weighted by Crippen LogP contribution is 2.57. The number of rotatable bonds is 4. The van der Waals surface area contributed by atoms with Crippen LogP contribution in [0.4, 0.5) is 0 Å². The van der Waals surface area contributed by atoms with Crippen LogP contribution in [-0.4, -0.2) is 63.8 Å². The lowest BCUT2D eigenvalue weighted by Gasteiger charge is -2.54. The number of nitrogens with one attached hydrogen (secondary N) is 2. The van der Waals surface area contributed by atoms with E-state index in [0.29, 0.717) is 0 Å². The van der Waals surface area contributed by atoms with Gasteiger partial charge in [0.1, 0.15) is 5.75 Å². The number of aliphatic hydroxyl groups is 3. The number of phenols is 1. The van der Waals surface area contributed by atoms with Crippen LogP contribution in [0.2, 0.25) is 0 Å². The summed E-state index contributed by atoms with van der Waals surface area (Å²) in [6, 6.07) is 4.54. The highest BCUT2D eigenvalue weighted by Gasteiger charge is 2.55. The first-order chi connectivity index (χ1) is 14.2. The van der Waals surface area contributed by atoms with Crippen LogP contribution in [0.15, 0.2) is 18.2 Å². The third-order valence-electron chi connectivity index (χ3n) is 8.14. The Morgan fingerprint density at radius 3 is 2.63 bits per heavy atom. The Hall–Kier alpha value is -1.67. The van der Waals surface area contributed by atoms with Gasteiger partial charge in [-0.3, -0.25) is 4.79 Å². The number of carbonyl (C=O) groups is 1. The van der Waals surface area contributed by atoms with Crippen LogP contribution in [0, 0.1) is 11.3 Å². The lowest BCUT2D eigenvalue weighted by Crippen LogP contribution is -2.56. The summed E-state index contributed by atoms with van der Waals surface area (Å²) < 4.78 is 0. The van der Waals surface area contributed by atoms with Gasteiger partial charge in [0.05, 0.1) is 36.3 Å². The normalized spacial score (nSPS) is 40.5. The average Bonchev–Trinajstić information content (AvgIpc) is 3.00. The van der Waals surface area contributed by atoms with E-state index in [1.165, 1.54) is 11.1 Å². The number of phenolic OH excluding ortho intramolecular Hbond substituents is 1. The molecule has 0 bridgehead atoms. The van der Waals surface area contributed by atoms with Crippen molar-refractivity contribution in [2.45, 2.75) is 75.7 Å². The second kappa shape index (κ2) is 7.79. The van der Waals surface area contributed by atoms with Gasteiger partial charge in [-0.15, -0.1) is 0 Å². The third-order valence-corrected chi connectivity index (χ3v) is 8.14. The molecule has 2 aliphatic carbocycles. The molecule has 1 saturated carbocycles. The summed E-state index contributed by atoms with van der Waals surface area (Å²) in [5.74, 6) is 0.397. The summed E-state index contributed by atoms with van der Waals surface area (Å²) in [5, 5.41) is 45.6. The van der Waals surface area contributed by atoms with Crippen molar-refractivity contribution < 1.29 is 25.2 Å². The fourth-order valence-corrected chi connectivity index (χ4v) is 6.41. The number of aromatic hydroxyl groups is 1. The number of hydrogen-bond acceptors (Lipinski definition) is 6. The minimum Gasteiger partial charge on any atom is -0.508 e. The summed E-state index contributed by atoms with van der Waals surface area (Å²) in [7, 11) is 0. The maximum Gasteiger partial charge on any atom is 0.226 e. The zero-order valence-corrected chi connectivity index (χ0v) is 17.8. The van der Waals surface area contributed by atoms with Gasteiger partial charge in [0.2, 0.25) is 5.91 Å². The number of carbonyl (C=O) groups excluding carboxylic acids is 1. The lowest BCUT2D eigenvalue weighted by atomic mass is 9.49. The van der Waals surface area contributed by atoms with Crippen LogP contribution in [0.25, 0.3) is 0 Å². The third kappa shape index (κ3) is 3.32. The molecule has 1 aromatic rings. The molecule has 0 aromatic heterocycles. The quantitative estimate of drug-likeness (QED) is 0.425. The number of hydrogen-bond donors (Lipinski definition) is 6. The standard InChI is InChI=1S/C23H34N2O5/c1-22-8-3-9-23(2,18(22)7-5-13-4-6-14(27)10-15(13)22)21(30)24-11-16-19(28)20(29)17(12-26)25-16/h4,6,10,16-20,25-29H,3,5,7-9,11-12H2,1-2H3,(H,24,30)/t16-,17-,18-,19-,20-,22-,23+/m1/s1. The molecule has 0 unspecified atom stereocenters. The van der Waals surface area contributed by atoms with E-state index in [9.17, 15) is 25.2 Å². The zero-order valence-electron chi connectivity index (χ0n) is 17.8. The molecule has 1 aromatic carbocycles. The molecule has 3 aliphatic rings. The molecular weight excluding hydrogens is 384 g/mol. The SMILES string of the molecule is C[C@]1(C(=O)NC[C@H]2N[C@H](CO)[C@@H](O)[C@@H]2O)CCC[C@]2(C)c3cc(O)ccc3CC[C@@H]12. The van der Waals surface area contributed by atoms with Gasteiger partial charge in [0.15, 0.2) is 0 Å². The molecule has 0 spiro atoms. The number of amides is 1. The monoisotopic (exact) mass is 418 g/mol. The van der Waals surface area contributed by atoms with Crippen molar-refractivity contribution in [3.05, 3.63) is 29.3 Å². The van der Waals surface area contributed by atoms with Crippen molar-refractivity contribution in [1.29, 1.82) is 0 Å². The Morgan fingerprint density at radius 1 is 1.20 bits per heavy atom. The van der Waals surface area contributed by atoms with E-state index in [1.54, 1.807) is 6.07 Å². The van der Waals surface area contributed by atoms with Gasteiger partial charge >= 0.3 is 0 Å². The lowest BCUT2D eigenvalue weighted by molar-refractivity contribution is -0.139. The number of benzene rings is 1. The van der Waals surface area contributed by atoms with E-state index in [1.807, 2.05) is 19.1 Å². The van der Waals surface area contributed by atoms with E-state index in [4.69, 9.17) is 0 Å². The number of fused-ring (bicyclic) bond motifs is 3. The maximum atomic E-state index is 13.4. The first-order valence-corrected chi connectivity index (χ1v) is 11.0. The molecule has 7 nitrogen and oxygen atoms in total. The van der Waals surface area contributed by atoms with Gasteiger partial charge < -0.3 is 31.1 Å². The Morgan fingerprint density at radius 2 is 1.93 bits per heavy atom. The molecule has 1 amide bonds. The highest BCUT2D eigenvalue weighted by molar-refractivity contribution is 5.83. The van der Waals surface area contributed by atoms with Crippen molar-refractivity contribution >= 4 is 5.91 Å². The molecule has 1 aliphatic heterocycles. The highest BCUT2D eigenvalue weighted by atomic mass is 16.3. The van der Waals surface area contributed by atoms with Gasteiger partial charge in [0.25, 0.3) is 0 Å². The van der Waals surface area contributed by atoms with E-state index in [-0.39, 0.29) is 36.1 Å². The fourth-order valence-electron chi connectivity index (χ4n) is 6.41. The van der Waals surface area contributed by atoms with Gasteiger partial charge in [0, 0.05) is 6.54 Å². The van der Waals surface area contributed by atoms with Crippen LogP contribution >= 0.6 is 0 Å². The molecule has 1 heterocycles. The van der Waals surface area contributed by atoms with Gasteiger partial charge in [-0.2, -0.15) is 0 Å². The first kappa shape index (κ1) is 21.6. The van der Waals surface area contributed by atoms with Crippen LogP contribution in [0.1, 0.15) is 50.7 Å². The largest absolute Gasteiger partial charge is 0.508 e. The van der Waals surface area contributed by atoms with E-state index in [0.717, 1.165) is 32.1 Å². The number of aliphatic hydroxyl groups excluding tert-OH is 3. The van der Waals surface area contributed by atoms with Gasteiger partial charge in [-0.05, 0) is 60.3 Å². The summed E-state index contributed by atoms with van der Waals surface area (Å²) in [6.45, 7) is 4.20. The number of aryl methyl sites for hydroxylation is 1. The second-order valence-corrected chi connectivity index (χ2v) is 9.87. The van der Waals surface area contributed by atoms with E-state index in [2.05, 4.69) is 17.6 Å². The molecule has 7 heteroatoms. The molecule has 166 valence electrons. The van der Waals surface area contributed by atoms with Crippen molar-refractivity contribution in [1.82, 2.24) is 10.6 Å². The minimum absolute atomic E-state index is 0.0297. The molecule has 30 heavy (non-hydrogen) atoms. The molecule has 6 N–H and O–H groups in total. The van der Waals surface area contributed by atoms with Crippen molar-refractivity contribution in [3.8, 4) is 5.75 Å². The minimum atomic E-state index is -1.05. The van der Waals surface area contributed by atoms with Gasteiger partial charge in [-0.1, -0.05) is 26.3 Å². The average molecular weight is 419 g/mol. The van der Waals surface area contributed by atoms with Gasteiger partial charge in [-0.25, -0.2) is 0 Å². The molecular formula is C23H34N2O5. The predicted molar refractivity (Wildman–Crippen MR) is 112 cm³/mol. The van der Waals surface area contributed by atoms with Crippen molar-refractivity contribution in [2.24, 2.45) is 11.3 Å². The summed E-state index contributed by atoms with van der Waals surface area (Å²) in [4.78, 5) is 13.4. The Labute approximate surface area is 177 Å². The van der Waals surface area contributed by atoms with E-state index < -0.39 is 29.7 Å². The second-order valence-electron chi connectivity index (χ2n) is 9.87. The molecule has 4 rings (SSSR count). The Kier molecular flexibility index (Phi) is 5.60. The molecule has 0 radical (unpaired) electrons. The fraction of sp³-hybridized carbons (Fsp3) is 0.696. The Balaban J connectivity index is 1.52. The van der Waals surface area contributed by atoms with Crippen LogP contribution < -0.4 is 10.6 Å². The Bertz CT molecular complexity index is 817. The van der Waals surface area contributed by atoms with Crippen LogP contribution in [0.5, 0.6) is 5.75 Å². The molecule has 2 fully saturated rings. The zero-order chi connectivity index (χ0) is 21.7.